The van der Waals surface area contributed by atoms with E-state index in [1.54, 1.807) is 30.3 Å². The molecular weight excluding hydrogens is 339 g/mol. The molecule has 0 aliphatic rings. The van der Waals surface area contributed by atoms with Crippen LogP contribution < -0.4 is 11.5 Å². The summed E-state index contributed by atoms with van der Waals surface area (Å²) < 4.78 is 15.5. The van der Waals surface area contributed by atoms with E-state index in [2.05, 4.69) is 31.5 Å². The van der Waals surface area contributed by atoms with Gasteiger partial charge in [0.25, 0.3) is 0 Å². The molecule has 4 N–H and O–H groups in total. The summed E-state index contributed by atoms with van der Waals surface area (Å²) in [6.07, 6.45) is 0. The maximum Gasteiger partial charge on any atom is 0.187 e. The summed E-state index contributed by atoms with van der Waals surface area (Å²) in [5.74, 6) is 0.0248. The Morgan fingerprint density at radius 3 is 2.43 bits per heavy atom. The quantitative estimate of drug-likeness (QED) is 0.693. The van der Waals surface area contributed by atoms with Crippen LogP contribution in [-0.4, -0.2) is 20.2 Å². The van der Waals surface area contributed by atoms with Gasteiger partial charge in [0.05, 0.1) is 10.2 Å². The molecule has 2 aromatic carbocycles. The lowest BCUT2D eigenvalue weighted by atomic mass is 10.1. The van der Waals surface area contributed by atoms with E-state index in [4.69, 9.17) is 11.5 Å². The summed E-state index contributed by atoms with van der Waals surface area (Å²) in [4.78, 5) is 0. The van der Waals surface area contributed by atoms with E-state index in [0.29, 0.717) is 32.9 Å². The lowest BCUT2D eigenvalue weighted by Gasteiger charge is -2.07. The number of benzene rings is 2. The van der Waals surface area contributed by atoms with Crippen molar-refractivity contribution in [1.82, 2.24) is 20.2 Å². The van der Waals surface area contributed by atoms with E-state index < -0.39 is 5.82 Å². The lowest BCUT2D eigenvalue weighted by Crippen LogP contribution is -2.01. The van der Waals surface area contributed by atoms with Gasteiger partial charge in [-0.05, 0) is 56.7 Å². The summed E-state index contributed by atoms with van der Waals surface area (Å²) in [6.45, 7) is 0. The summed E-state index contributed by atoms with van der Waals surface area (Å²) >= 11 is 3.11. The fraction of sp³-hybridized carbons (Fsp3) is 0. The van der Waals surface area contributed by atoms with Crippen LogP contribution in [0.1, 0.15) is 0 Å². The van der Waals surface area contributed by atoms with Crippen molar-refractivity contribution in [2.75, 3.05) is 11.5 Å². The van der Waals surface area contributed by atoms with E-state index in [1.807, 2.05) is 0 Å². The number of nitrogens with two attached hydrogens (primary N) is 2. The van der Waals surface area contributed by atoms with Gasteiger partial charge in [-0.1, -0.05) is 0 Å². The molecule has 0 fully saturated rings. The molecule has 0 spiro atoms. The van der Waals surface area contributed by atoms with Gasteiger partial charge in [-0.3, -0.25) is 0 Å². The fourth-order valence-corrected chi connectivity index (χ4v) is 2.21. The fourth-order valence-electron chi connectivity index (χ4n) is 1.96. The van der Waals surface area contributed by atoms with Crippen LogP contribution in [0.25, 0.3) is 17.1 Å². The van der Waals surface area contributed by atoms with Gasteiger partial charge >= 0.3 is 0 Å². The number of aromatic nitrogens is 4. The molecule has 0 radical (unpaired) electrons. The van der Waals surface area contributed by atoms with Gasteiger partial charge in [-0.25, -0.2) is 4.39 Å². The highest BCUT2D eigenvalue weighted by molar-refractivity contribution is 9.10. The monoisotopic (exact) mass is 348 g/mol. The zero-order valence-electron chi connectivity index (χ0n) is 10.7. The van der Waals surface area contributed by atoms with E-state index in [0.717, 1.165) is 0 Å². The first-order chi connectivity index (χ1) is 10.0. The van der Waals surface area contributed by atoms with E-state index in [9.17, 15) is 4.39 Å². The summed E-state index contributed by atoms with van der Waals surface area (Å²) in [7, 11) is 0. The minimum absolute atomic E-state index is 0.370. The Kier molecular flexibility index (Phi) is 3.30. The number of anilines is 2. The standard InChI is InChI=1S/C13H10BrFN6/c14-11-2-1-10(6-12(11)15)21-13(18-19-20-21)7-3-8(16)5-9(17)4-7/h1-6H,16-17H2. The molecule has 0 saturated heterocycles. The number of rotatable bonds is 2. The Balaban J connectivity index is 2.14. The minimum Gasteiger partial charge on any atom is -0.399 e. The second-order valence-corrected chi connectivity index (χ2v) is 5.26. The molecule has 3 rings (SSSR count). The third kappa shape index (κ3) is 2.57. The Morgan fingerprint density at radius 1 is 1.05 bits per heavy atom. The number of nitrogen functional groups attached to an aromatic ring is 2. The van der Waals surface area contributed by atoms with Crippen molar-refractivity contribution in [2.24, 2.45) is 0 Å². The topological polar surface area (TPSA) is 95.6 Å². The first-order valence-corrected chi connectivity index (χ1v) is 6.74. The number of tetrazole rings is 1. The molecule has 0 unspecified atom stereocenters. The second kappa shape index (κ2) is 5.13. The first-order valence-electron chi connectivity index (χ1n) is 5.95. The number of halogens is 2. The van der Waals surface area contributed by atoms with Crippen molar-refractivity contribution in [1.29, 1.82) is 0 Å². The van der Waals surface area contributed by atoms with Crippen molar-refractivity contribution in [3.8, 4) is 17.1 Å². The molecule has 6 nitrogen and oxygen atoms in total. The normalized spacial score (nSPS) is 10.8. The van der Waals surface area contributed by atoms with Crippen molar-refractivity contribution < 1.29 is 4.39 Å². The average molecular weight is 349 g/mol. The summed E-state index contributed by atoms with van der Waals surface area (Å²) in [5, 5.41) is 11.5. The first kappa shape index (κ1) is 13.5. The Labute approximate surface area is 127 Å². The molecule has 0 atom stereocenters. The molecule has 106 valence electrons. The van der Waals surface area contributed by atoms with Gasteiger partial charge in [-0.2, -0.15) is 4.68 Å². The largest absolute Gasteiger partial charge is 0.399 e. The van der Waals surface area contributed by atoms with Gasteiger partial charge in [0.2, 0.25) is 0 Å². The van der Waals surface area contributed by atoms with Crippen LogP contribution in [0.15, 0.2) is 40.9 Å². The van der Waals surface area contributed by atoms with Gasteiger partial charge in [0, 0.05) is 23.0 Å². The smallest absolute Gasteiger partial charge is 0.187 e. The van der Waals surface area contributed by atoms with Gasteiger partial charge < -0.3 is 11.5 Å². The molecule has 0 amide bonds. The van der Waals surface area contributed by atoms with Crippen LogP contribution in [0.5, 0.6) is 0 Å². The van der Waals surface area contributed by atoms with Gasteiger partial charge in [0.1, 0.15) is 5.82 Å². The van der Waals surface area contributed by atoms with Crippen molar-refractivity contribution in [2.45, 2.75) is 0 Å². The molecule has 1 heterocycles. The van der Waals surface area contributed by atoms with Gasteiger partial charge in [-0.15, -0.1) is 5.10 Å². The van der Waals surface area contributed by atoms with Crippen molar-refractivity contribution in [3.05, 3.63) is 46.7 Å². The van der Waals surface area contributed by atoms with E-state index in [-0.39, 0.29) is 0 Å². The van der Waals surface area contributed by atoms with Crippen LogP contribution in [0, 0.1) is 5.82 Å². The molecular formula is C13H10BrFN6. The highest BCUT2D eigenvalue weighted by Gasteiger charge is 2.13. The molecule has 1 aromatic heterocycles. The van der Waals surface area contributed by atoms with Crippen LogP contribution >= 0.6 is 15.9 Å². The minimum atomic E-state index is -0.402. The third-order valence-electron chi connectivity index (χ3n) is 2.85. The molecule has 0 aliphatic heterocycles. The molecule has 8 heteroatoms. The number of nitrogens with zero attached hydrogens (tertiary/aromatic N) is 4. The van der Waals surface area contributed by atoms with Crippen LogP contribution in [0.2, 0.25) is 0 Å². The molecule has 0 aliphatic carbocycles. The maximum atomic E-state index is 13.7. The predicted molar refractivity (Wildman–Crippen MR) is 81.1 cm³/mol. The molecule has 21 heavy (non-hydrogen) atoms. The van der Waals surface area contributed by atoms with Crippen molar-refractivity contribution >= 4 is 27.3 Å². The van der Waals surface area contributed by atoms with Crippen LogP contribution in [-0.2, 0) is 0 Å². The Hall–Kier alpha value is -2.48. The number of hydrogen-bond donors (Lipinski definition) is 2. The average Bonchev–Trinajstić information content (AvgIpc) is 2.90. The van der Waals surface area contributed by atoms with Crippen LogP contribution in [0.4, 0.5) is 15.8 Å². The molecule has 3 aromatic rings. The van der Waals surface area contributed by atoms with E-state index >= 15 is 0 Å². The molecule has 0 bridgehead atoms. The van der Waals surface area contributed by atoms with E-state index in [1.165, 1.54) is 10.7 Å². The van der Waals surface area contributed by atoms with Crippen LogP contribution in [0.3, 0.4) is 0 Å². The zero-order chi connectivity index (χ0) is 15.0. The van der Waals surface area contributed by atoms with Gasteiger partial charge in [0.15, 0.2) is 5.82 Å². The lowest BCUT2D eigenvalue weighted by molar-refractivity contribution is 0.618. The second-order valence-electron chi connectivity index (χ2n) is 4.40. The Bertz CT molecular complexity index is 796. The van der Waals surface area contributed by atoms with Crippen molar-refractivity contribution in [3.63, 3.8) is 0 Å². The maximum absolute atomic E-state index is 13.7. The Morgan fingerprint density at radius 2 is 1.76 bits per heavy atom. The summed E-state index contributed by atoms with van der Waals surface area (Å²) in [5.41, 5.74) is 13.7. The zero-order valence-corrected chi connectivity index (χ0v) is 12.2. The highest BCUT2D eigenvalue weighted by atomic mass is 79.9. The molecule has 0 saturated carbocycles. The number of hydrogen-bond acceptors (Lipinski definition) is 5. The third-order valence-corrected chi connectivity index (χ3v) is 3.50. The SMILES string of the molecule is Nc1cc(N)cc(-c2nnnn2-c2ccc(Br)c(F)c2)c1. The summed E-state index contributed by atoms with van der Waals surface area (Å²) in [6, 6.07) is 9.66. The highest BCUT2D eigenvalue weighted by Crippen LogP contribution is 2.25. The predicted octanol–water partition coefficient (Wildman–Crippen LogP) is 2.40.